The molecule has 0 bridgehead atoms. The van der Waals surface area contributed by atoms with Gasteiger partial charge in [-0.3, -0.25) is 0 Å². The quantitative estimate of drug-likeness (QED) is 0.880. The highest BCUT2D eigenvalue weighted by Gasteiger charge is 2.26. The first kappa shape index (κ1) is 12.5. The lowest BCUT2D eigenvalue weighted by Crippen LogP contribution is -2.03. The standard InChI is InChI=1S/C13H17ClO3/c1-8(7-15)9-5-11(14)13(12(6-9)16-2)17-10-3-4-10/h5-6,8,10,15H,3-4,7H2,1-2H3. The molecule has 0 aromatic heterocycles. The molecule has 4 heteroatoms. The first-order chi connectivity index (χ1) is 8.15. The van der Waals surface area contributed by atoms with Crippen molar-refractivity contribution in [1.82, 2.24) is 0 Å². The van der Waals surface area contributed by atoms with Gasteiger partial charge in [-0.1, -0.05) is 18.5 Å². The van der Waals surface area contributed by atoms with Crippen molar-refractivity contribution in [2.45, 2.75) is 31.8 Å². The van der Waals surface area contributed by atoms with Gasteiger partial charge >= 0.3 is 0 Å². The van der Waals surface area contributed by atoms with Gasteiger partial charge in [-0.15, -0.1) is 0 Å². The van der Waals surface area contributed by atoms with Gasteiger partial charge in [0, 0.05) is 12.5 Å². The second kappa shape index (κ2) is 5.15. The molecule has 94 valence electrons. The van der Waals surface area contributed by atoms with E-state index in [4.69, 9.17) is 26.2 Å². The normalized spacial score (nSPS) is 16.7. The van der Waals surface area contributed by atoms with Gasteiger partial charge < -0.3 is 14.6 Å². The molecule has 0 spiro atoms. The summed E-state index contributed by atoms with van der Waals surface area (Å²) in [7, 11) is 1.60. The first-order valence-corrected chi connectivity index (χ1v) is 6.18. The zero-order valence-electron chi connectivity index (χ0n) is 10.1. The Morgan fingerprint density at radius 2 is 2.18 bits per heavy atom. The summed E-state index contributed by atoms with van der Waals surface area (Å²) in [6.45, 7) is 2.02. The van der Waals surface area contributed by atoms with Crippen LogP contribution in [0.3, 0.4) is 0 Å². The summed E-state index contributed by atoms with van der Waals surface area (Å²) < 4.78 is 11.0. The van der Waals surface area contributed by atoms with Gasteiger partial charge in [0.25, 0.3) is 0 Å². The third-order valence-corrected chi connectivity index (χ3v) is 3.18. The molecule has 1 aliphatic carbocycles. The molecular weight excluding hydrogens is 240 g/mol. The van der Waals surface area contributed by atoms with Gasteiger partial charge in [0.15, 0.2) is 11.5 Å². The van der Waals surface area contributed by atoms with E-state index in [1.165, 1.54) is 0 Å². The van der Waals surface area contributed by atoms with Crippen molar-refractivity contribution in [3.05, 3.63) is 22.7 Å². The van der Waals surface area contributed by atoms with Crippen LogP contribution in [0.25, 0.3) is 0 Å². The van der Waals surface area contributed by atoms with E-state index in [2.05, 4.69) is 0 Å². The Labute approximate surface area is 106 Å². The molecule has 1 aliphatic rings. The fraction of sp³-hybridized carbons (Fsp3) is 0.538. The van der Waals surface area contributed by atoms with Gasteiger partial charge in [-0.2, -0.15) is 0 Å². The molecule has 1 fully saturated rings. The molecule has 1 saturated carbocycles. The third kappa shape index (κ3) is 2.85. The predicted molar refractivity (Wildman–Crippen MR) is 67.2 cm³/mol. The monoisotopic (exact) mass is 256 g/mol. The van der Waals surface area contributed by atoms with Crippen LogP contribution in [0.4, 0.5) is 0 Å². The molecule has 1 aromatic carbocycles. The number of hydrogen-bond acceptors (Lipinski definition) is 3. The number of aliphatic hydroxyl groups is 1. The van der Waals surface area contributed by atoms with Crippen molar-refractivity contribution in [3.63, 3.8) is 0 Å². The van der Waals surface area contributed by atoms with Crippen LogP contribution in [0.5, 0.6) is 11.5 Å². The molecule has 3 nitrogen and oxygen atoms in total. The fourth-order valence-electron chi connectivity index (χ4n) is 1.60. The van der Waals surface area contributed by atoms with Crippen LogP contribution in [-0.4, -0.2) is 24.9 Å². The predicted octanol–water partition coefficient (Wildman–Crippen LogP) is 2.99. The Balaban J connectivity index is 2.31. The van der Waals surface area contributed by atoms with Crippen LogP contribution in [-0.2, 0) is 0 Å². The molecular formula is C13H17ClO3. The Hall–Kier alpha value is -0.930. The Kier molecular flexibility index (Phi) is 3.79. The smallest absolute Gasteiger partial charge is 0.180 e. The third-order valence-electron chi connectivity index (χ3n) is 2.90. The van der Waals surface area contributed by atoms with Crippen molar-refractivity contribution in [1.29, 1.82) is 0 Å². The highest BCUT2D eigenvalue weighted by Crippen LogP contribution is 2.41. The van der Waals surface area contributed by atoms with Gasteiger partial charge in [-0.25, -0.2) is 0 Å². The van der Waals surface area contributed by atoms with E-state index >= 15 is 0 Å². The summed E-state index contributed by atoms with van der Waals surface area (Å²) in [4.78, 5) is 0. The van der Waals surface area contributed by atoms with Crippen molar-refractivity contribution in [2.75, 3.05) is 13.7 Å². The maximum absolute atomic E-state index is 9.15. The van der Waals surface area contributed by atoms with E-state index in [0.717, 1.165) is 18.4 Å². The molecule has 1 N–H and O–H groups in total. The summed E-state index contributed by atoms with van der Waals surface area (Å²) in [5.74, 6) is 1.29. The zero-order valence-corrected chi connectivity index (χ0v) is 10.8. The summed E-state index contributed by atoms with van der Waals surface area (Å²) >= 11 is 6.20. The number of benzene rings is 1. The van der Waals surface area contributed by atoms with Gasteiger partial charge in [0.2, 0.25) is 0 Å². The molecule has 1 atom stereocenters. The number of halogens is 1. The van der Waals surface area contributed by atoms with E-state index in [-0.39, 0.29) is 18.6 Å². The zero-order chi connectivity index (χ0) is 12.4. The maximum atomic E-state index is 9.15. The average Bonchev–Trinajstić information content (AvgIpc) is 3.14. The lowest BCUT2D eigenvalue weighted by molar-refractivity contribution is 0.270. The Bertz CT molecular complexity index is 402. The molecule has 0 radical (unpaired) electrons. The topological polar surface area (TPSA) is 38.7 Å². The summed E-state index contributed by atoms with van der Waals surface area (Å²) in [5, 5.41) is 9.70. The number of rotatable bonds is 5. The average molecular weight is 257 g/mol. The second-order valence-corrected chi connectivity index (χ2v) is 4.84. The molecule has 17 heavy (non-hydrogen) atoms. The van der Waals surface area contributed by atoms with Gasteiger partial charge in [0.05, 0.1) is 18.2 Å². The van der Waals surface area contributed by atoms with Crippen LogP contribution in [0.15, 0.2) is 12.1 Å². The summed E-state index contributed by atoms with van der Waals surface area (Å²) in [6.07, 6.45) is 2.44. The van der Waals surface area contributed by atoms with Crippen molar-refractivity contribution >= 4 is 11.6 Å². The largest absolute Gasteiger partial charge is 0.493 e. The van der Waals surface area contributed by atoms with Crippen LogP contribution >= 0.6 is 11.6 Å². The first-order valence-electron chi connectivity index (χ1n) is 5.80. The summed E-state index contributed by atoms with van der Waals surface area (Å²) in [6, 6.07) is 3.72. The van der Waals surface area contributed by atoms with Crippen molar-refractivity contribution in [3.8, 4) is 11.5 Å². The Morgan fingerprint density at radius 1 is 1.47 bits per heavy atom. The number of aliphatic hydroxyl groups excluding tert-OH is 1. The van der Waals surface area contributed by atoms with E-state index < -0.39 is 0 Å². The molecule has 0 amide bonds. The molecule has 0 heterocycles. The Morgan fingerprint density at radius 3 is 2.71 bits per heavy atom. The highest BCUT2D eigenvalue weighted by atomic mass is 35.5. The van der Waals surface area contributed by atoms with Crippen molar-refractivity contribution in [2.24, 2.45) is 0 Å². The van der Waals surface area contributed by atoms with Crippen molar-refractivity contribution < 1.29 is 14.6 Å². The maximum Gasteiger partial charge on any atom is 0.180 e. The minimum Gasteiger partial charge on any atom is -0.493 e. The van der Waals surface area contributed by atoms with E-state index in [1.54, 1.807) is 7.11 Å². The second-order valence-electron chi connectivity index (χ2n) is 4.43. The lowest BCUT2D eigenvalue weighted by Gasteiger charge is -2.16. The SMILES string of the molecule is COc1cc(C(C)CO)cc(Cl)c1OC1CC1. The lowest BCUT2D eigenvalue weighted by atomic mass is 10.0. The molecule has 0 saturated heterocycles. The van der Waals surface area contributed by atoms with Crippen LogP contribution in [0, 0.1) is 0 Å². The minimum atomic E-state index is 0.0383. The highest BCUT2D eigenvalue weighted by molar-refractivity contribution is 6.32. The number of methoxy groups -OCH3 is 1. The minimum absolute atomic E-state index is 0.0383. The van der Waals surface area contributed by atoms with Crippen LogP contribution < -0.4 is 9.47 Å². The van der Waals surface area contributed by atoms with E-state index in [9.17, 15) is 0 Å². The molecule has 1 unspecified atom stereocenters. The van der Waals surface area contributed by atoms with E-state index in [1.807, 2.05) is 19.1 Å². The van der Waals surface area contributed by atoms with Gasteiger partial charge in [0.1, 0.15) is 0 Å². The number of ether oxygens (including phenoxy) is 2. The van der Waals surface area contributed by atoms with E-state index in [0.29, 0.717) is 16.5 Å². The fourth-order valence-corrected chi connectivity index (χ4v) is 1.86. The van der Waals surface area contributed by atoms with Crippen LogP contribution in [0.2, 0.25) is 5.02 Å². The van der Waals surface area contributed by atoms with Crippen LogP contribution in [0.1, 0.15) is 31.2 Å². The number of hydrogen-bond donors (Lipinski definition) is 1. The molecule has 0 aliphatic heterocycles. The molecule has 1 aromatic rings. The molecule has 2 rings (SSSR count). The van der Waals surface area contributed by atoms with Gasteiger partial charge in [-0.05, 0) is 30.5 Å². The summed E-state index contributed by atoms with van der Waals surface area (Å²) in [5.41, 5.74) is 0.956.